The monoisotopic (exact) mass is 312 g/mol. The number of nitrogens with zero attached hydrogens (tertiary/aromatic N) is 2. The molecule has 0 bridgehead atoms. The summed E-state index contributed by atoms with van der Waals surface area (Å²) in [6.45, 7) is 3.15. The molecule has 18 heavy (non-hydrogen) atoms. The van der Waals surface area contributed by atoms with E-state index in [1.54, 1.807) is 13.0 Å². The number of hydrogen-bond acceptors (Lipinski definition) is 4. The molecule has 94 valence electrons. The van der Waals surface area contributed by atoms with Crippen LogP contribution in [0.15, 0.2) is 27.2 Å². The van der Waals surface area contributed by atoms with Crippen LogP contribution in [0.4, 0.5) is 4.39 Å². The molecule has 0 radical (unpaired) electrons. The third kappa shape index (κ3) is 2.48. The maximum absolute atomic E-state index is 13.0. The summed E-state index contributed by atoms with van der Waals surface area (Å²) in [7, 11) is 0. The molecule has 0 aliphatic carbocycles. The second kappa shape index (κ2) is 4.97. The lowest BCUT2D eigenvalue weighted by atomic mass is 10.1. The van der Waals surface area contributed by atoms with Crippen LogP contribution >= 0.6 is 15.9 Å². The largest absolute Gasteiger partial charge is 0.338 e. The molecule has 2 rings (SSSR count). The summed E-state index contributed by atoms with van der Waals surface area (Å²) in [5, 5.41) is 3.79. The Morgan fingerprint density at radius 2 is 2.22 bits per heavy atom. The Kier molecular flexibility index (Phi) is 3.56. The third-order valence-corrected chi connectivity index (χ3v) is 3.25. The first kappa shape index (κ1) is 12.9. The zero-order chi connectivity index (χ0) is 13.3. The van der Waals surface area contributed by atoms with Crippen molar-refractivity contribution in [1.82, 2.24) is 10.1 Å². The van der Waals surface area contributed by atoms with Gasteiger partial charge < -0.3 is 4.52 Å². The van der Waals surface area contributed by atoms with E-state index in [0.29, 0.717) is 15.9 Å². The molecule has 1 aromatic heterocycles. The fraction of sp³-hybridized carbons (Fsp3) is 0.250. The lowest BCUT2D eigenvalue weighted by Gasteiger charge is -1.99. The summed E-state index contributed by atoms with van der Waals surface area (Å²) < 4.78 is 18.5. The standard InChI is InChI=1S/C12H10BrFN2O2/c1-6(7(2)17)12-15-11(16-18-12)9-4-3-8(14)5-10(9)13/h3-6H,1-2H3. The summed E-state index contributed by atoms with van der Waals surface area (Å²) in [5.74, 6) is -0.265. The van der Waals surface area contributed by atoms with Gasteiger partial charge in [0.25, 0.3) is 0 Å². The van der Waals surface area contributed by atoms with Gasteiger partial charge in [-0.1, -0.05) is 5.16 Å². The van der Waals surface area contributed by atoms with Crippen molar-refractivity contribution in [2.45, 2.75) is 19.8 Å². The van der Waals surface area contributed by atoms with E-state index in [9.17, 15) is 9.18 Å². The Balaban J connectivity index is 2.38. The fourth-order valence-corrected chi connectivity index (χ4v) is 1.89. The molecule has 0 amide bonds. The smallest absolute Gasteiger partial charge is 0.237 e. The molecule has 1 unspecified atom stereocenters. The number of hydrogen-bond donors (Lipinski definition) is 0. The van der Waals surface area contributed by atoms with Gasteiger partial charge in [-0.15, -0.1) is 0 Å². The number of carbonyl (C=O) groups is 1. The highest BCUT2D eigenvalue weighted by Crippen LogP contribution is 2.27. The zero-order valence-electron chi connectivity index (χ0n) is 9.78. The number of ketones is 1. The minimum Gasteiger partial charge on any atom is -0.338 e. The fourth-order valence-electron chi connectivity index (χ4n) is 1.37. The molecular weight excluding hydrogens is 303 g/mol. The van der Waals surface area contributed by atoms with Crippen LogP contribution in [0.1, 0.15) is 25.7 Å². The van der Waals surface area contributed by atoms with E-state index < -0.39 is 5.92 Å². The predicted molar refractivity (Wildman–Crippen MR) is 66.5 cm³/mol. The quantitative estimate of drug-likeness (QED) is 0.872. The minimum absolute atomic E-state index is 0.0524. The highest BCUT2D eigenvalue weighted by Gasteiger charge is 2.19. The molecule has 0 N–H and O–H groups in total. The van der Waals surface area contributed by atoms with E-state index in [1.807, 2.05) is 0 Å². The number of rotatable bonds is 3. The van der Waals surface area contributed by atoms with Crippen LogP contribution in [0, 0.1) is 5.82 Å². The second-order valence-corrected chi connectivity index (χ2v) is 4.77. The lowest BCUT2D eigenvalue weighted by Crippen LogP contribution is -2.04. The second-order valence-electron chi connectivity index (χ2n) is 3.91. The van der Waals surface area contributed by atoms with E-state index >= 15 is 0 Å². The van der Waals surface area contributed by atoms with Crippen molar-refractivity contribution in [3.05, 3.63) is 34.4 Å². The summed E-state index contributed by atoms with van der Waals surface area (Å²) in [4.78, 5) is 15.4. The zero-order valence-corrected chi connectivity index (χ0v) is 11.4. The van der Waals surface area contributed by atoms with Gasteiger partial charge in [0, 0.05) is 10.0 Å². The molecule has 0 fully saturated rings. The highest BCUT2D eigenvalue weighted by molar-refractivity contribution is 9.10. The Hall–Kier alpha value is -1.56. The molecule has 6 heteroatoms. The van der Waals surface area contributed by atoms with Gasteiger partial charge >= 0.3 is 0 Å². The van der Waals surface area contributed by atoms with Crippen LogP contribution in [0.2, 0.25) is 0 Å². The Labute approximate surface area is 111 Å². The van der Waals surface area contributed by atoms with Gasteiger partial charge in [0.1, 0.15) is 11.6 Å². The molecule has 0 saturated heterocycles. The minimum atomic E-state index is -0.439. The molecule has 1 heterocycles. The maximum Gasteiger partial charge on any atom is 0.237 e. The molecule has 1 aromatic carbocycles. The first-order valence-electron chi connectivity index (χ1n) is 5.28. The van der Waals surface area contributed by atoms with Crippen molar-refractivity contribution in [2.75, 3.05) is 0 Å². The van der Waals surface area contributed by atoms with Crippen LogP contribution in [0.25, 0.3) is 11.4 Å². The number of Topliss-reactive ketones (excluding diaryl/α,β-unsaturated/α-hetero) is 1. The first-order valence-corrected chi connectivity index (χ1v) is 6.08. The molecule has 0 aliphatic heterocycles. The van der Waals surface area contributed by atoms with Gasteiger partial charge in [-0.25, -0.2) is 4.39 Å². The van der Waals surface area contributed by atoms with Crippen LogP contribution < -0.4 is 0 Å². The van der Waals surface area contributed by atoms with Gasteiger partial charge in [-0.05, 0) is 48.0 Å². The van der Waals surface area contributed by atoms with Crippen molar-refractivity contribution < 1.29 is 13.7 Å². The predicted octanol–water partition coefficient (Wildman–Crippen LogP) is 3.33. The van der Waals surface area contributed by atoms with Crippen LogP contribution in [0.3, 0.4) is 0 Å². The maximum atomic E-state index is 13.0. The SMILES string of the molecule is CC(=O)C(C)c1nc(-c2ccc(F)cc2Br)no1. The van der Waals surface area contributed by atoms with Gasteiger partial charge in [-0.3, -0.25) is 4.79 Å². The van der Waals surface area contributed by atoms with Gasteiger partial charge in [0.05, 0.1) is 5.92 Å². The summed E-state index contributed by atoms with van der Waals surface area (Å²) in [5.41, 5.74) is 0.613. The number of carbonyl (C=O) groups excluding carboxylic acids is 1. The molecule has 0 saturated carbocycles. The molecular formula is C12H10BrFN2O2. The molecule has 1 atom stereocenters. The summed E-state index contributed by atoms with van der Waals surface area (Å²) in [6, 6.07) is 4.18. The Bertz CT molecular complexity index is 598. The summed E-state index contributed by atoms with van der Waals surface area (Å²) in [6.07, 6.45) is 0. The number of halogens is 2. The van der Waals surface area contributed by atoms with Gasteiger partial charge in [0.2, 0.25) is 11.7 Å². The Morgan fingerprint density at radius 1 is 1.50 bits per heavy atom. The number of benzene rings is 1. The summed E-state index contributed by atoms with van der Waals surface area (Å²) >= 11 is 3.23. The van der Waals surface area contributed by atoms with Crippen LogP contribution in [0.5, 0.6) is 0 Å². The van der Waals surface area contributed by atoms with E-state index in [2.05, 4.69) is 26.1 Å². The van der Waals surface area contributed by atoms with Crippen LogP contribution in [-0.4, -0.2) is 15.9 Å². The van der Waals surface area contributed by atoms with Gasteiger partial charge in [-0.2, -0.15) is 4.98 Å². The molecule has 2 aromatic rings. The average molecular weight is 313 g/mol. The molecule has 0 aliphatic rings. The van der Waals surface area contributed by atoms with Crippen molar-refractivity contribution in [3.63, 3.8) is 0 Å². The number of aromatic nitrogens is 2. The van der Waals surface area contributed by atoms with Gasteiger partial charge in [0.15, 0.2) is 0 Å². The van der Waals surface area contributed by atoms with Crippen molar-refractivity contribution >= 4 is 21.7 Å². The normalized spacial score (nSPS) is 12.4. The van der Waals surface area contributed by atoms with Crippen molar-refractivity contribution in [3.8, 4) is 11.4 Å². The van der Waals surface area contributed by atoms with Crippen molar-refractivity contribution in [1.29, 1.82) is 0 Å². The van der Waals surface area contributed by atoms with E-state index in [4.69, 9.17) is 4.52 Å². The van der Waals surface area contributed by atoms with E-state index in [0.717, 1.165) is 0 Å². The third-order valence-electron chi connectivity index (χ3n) is 2.59. The Morgan fingerprint density at radius 3 is 2.83 bits per heavy atom. The first-order chi connectivity index (χ1) is 8.49. The van der Waals surface area contributed by atoms with E-state index in [-0.39, 0.29) is 17.5 Å². The average Bonchev–Trinajstić information content (AvgIpc) is 2.77. The highest BCUT2D eigenvalue weighted by atomic mass is 79.9. The van der Waals surface area contributed by atoms with Crippen molar-refractivity contribution in [2.24, 2.45) is 0 Å². The molecule has 4 nitrogen and oxygen atoms in total. The van der Waals surface area contributed by atoms with Crippen LogP contribution in [-0.2, 0) is 4.79 Å². The lowest BCUT2D eigenvalue weighted by molar-refractivity contribution is -0.118. The topological polar surface area (TPSA) is 56.0 Å². The van der Waals surface area contributed by atoms with E-state index in [1.165, 1.54) is 19.1 Å². The molecule has 0 spiro atoms.